The highest BCUT2D eigenvalue weighted by molar-refractivity contribution is 8.58. The summed E-state index contributed by atoms with van der Waals surface area (Å²) in [5.74, 6) is -0.278. The molecule has 1 aliphatic rings. The molecule has 0 N–H and O–H groups in total. The number of carbonyl (C=O) groups excluding carboxylic acids is 1. The second-order valence-electron chi connectivity index (χ2n) is 1.92. The maximum atomic E-state index is 11.2. The fourth-order valence-electron chi connectivity index (χ4n) is 0.666. The van der Waals surface area contributed by atoms with Gasteiger partial charge >= 0.3 is 5.97 Å². The van der Waals surface area contributed by atoms with Crippen LogP contribution in [0.1, 0.15) is 6.92 Å². The van der Waals surface area contributed by atoms with Crippen LogP contribution in [0.2, 0.25) is 0 Å². The van der Waals surface area contributed by atoms with Crippen LogP contribution in [0, 0.1) is 0 Å². The first-order valence-corrected chi connectivity index (χ1v) is 5.75. The van der Waals surface area contributed by atoms with Gasteiger partial charge in [-0.25, -0.2) is 0 Å². The van der Waals surface area contributed by atoms with Gasteiger partial charge in [-0.2, -0.15) is 0 Å². The van der Waals surface area contributed by atoms with Crippen molar-refractivity contribution >= 4 is 61.7 Å². The summed E-state index contributed by atoms with van der Waals surface area (Å²) < 4.78 is 6.15. The van der Waals surface area contributed by atoms with Crippen LogP contribution < -0.4 is 0 Å². The molecule has 0 aromatic rings. The lowest BCUT2D eigenvalue weighted by Gasteiger charge is -2.05. The lowest BCUT2D eigenvalue weighted by Crippen LogP contribution is -2.22. The molecule has 0 aliphatic carbocycles. The van der Waals surface area contributed by atoms with Crippen molar-refractivity contribution in [2.45, 2.75) is 12.2 Å². The van der Waals surface area contributed by atoms with E-state index in [9.17, 15) is 4.79 Å². The van der Waals surface area contributed by atoms with Gasteiger partial charge in [0.25, 0.3) is 0 Å². The summed E-state index contributed by atoms with van der Waals surface area (Å²) in [6.45, 7) is 2.15. The SMILES string of the molecule is CCOC(=O)C1SC(=S)SC1=S. The Morgan fingerprint density at radius 3 is 2.75 bits per heavy atom. The number of thioether (sulfide) groups is 2. The Kier molecular flexibility index (Phi) is 3.95. The molecule has 0 spiro atoms. The largest absolute Gasteiger partial charge is 0.465 e. The minimum atomic E-state index is -0.363. The van der Waals surface area contributed by atoms with Crippen molar-refractivity contribution in [1.29, 1.82) is 0 Å². The van der Waals surface area contributed by atoms with E-state index in [0.717, 1.165) is 0 Å². The Morgan fingerprint density at radius 2 is 2.33 bits per heavy atom. The molecule has 2 nitrogen and oxygen atoms in total. The summed E-state index contributed by atoms with van der Waals surface area (Å²) in [4.78, 5) is 11.2. The van der Waals surface area contributed by atoms with E-state index in [2.05, 4.69) is 0 Å². The van der Waals surface area contributed by atoms with Crippen molar-refractivity contribution in [2.75, 3.05) is 6.61 Å². The Balaban J connectivity index is 2.58. The number of rotatable bonds is 2. The van der Waals surface area contributed by atoms with E-state index in [4.69, 9.17) is 29.2 Å². The summed E-state index contributed by atoms with van der Waals surface area (Å²) >= 11 is 12.5. The monoisotopic (exact) mass is 238 g/mol. The fourth-order valence-corrected chi connectivity index (χ4v) is 3.89. The Hall–Kier alpha value is 0.350. The molecule has 1 saturated heterocycles. The molecular weight excluding hydrogens is 232 g/mol. The standard InChI is InChI=1S/C6H6O2S4/c1-2-8-4(7)3-5(9)12-6(10)11-3/h3H,2H2,1H3. The van der Waals surface area contributed by atoms with E-state index in [-0.39, 0.29) is 11.2 Å². The molecule has 0 amide bonds. The highest BCUT2D eigenvalue weighted by atomic mass is 32.2. The van der Waals surface area contributed by atoms with Crippen molar-refractivity contribution in [2.24, 2.45) is 0 Å². The van der Waals surface area contributed by atoms with Crippen LogP contribution in [0.15, 0.2) is 0 Å². The molecule has 0 aromatic heterocycles. The van der Waals surface area contributed by atoms with Gasteiger partial charge in [0.2, 0.25) is 0 Å². The number of carbonyl (C=O) groups is 1. The van der Waals surface area contributed by atoms with Crippen LogP contribution in [0.4, 0.5) is 0 Å². The van der Waals surface area contributed by atoms with Crippen LogP contribution in [-0.2, 0) is 9.53 Å². The van der Waals surface area contributed by atoms with Crippen LogP contribution >= 0.6 is 48.0 Å². The quantitative estimate of drug-likeness (QED) is 0.539. The molecule has 0 saturated carbocycles. The van der Waals surface area contributed by atoms with Crippen molar-refractivity contribution in [3.05, 3.63) is 0 Å². The average molecular weight is 238 g/mol. The Morgan fingerprint density at radius 1 is 1.67 bits per heavy atom. The molecule has 1 unspecified atom stereocenters. The normalized spacial score (nSPS) is 22.9. The summed E-state index contributed by atoms with van der Waals surface area (Å²) in [5, 5.41) is -0.363. The highest BCUT2D eigenvalue weighted by Gasteiger charge is 2.34. The van der Waals surface area contributed by atoms with Gasteiger partial charge in [0.1, 0.15) is 8.78 Å². The van der Waals surface area contributed by atoms with E-state index >= 15 is 0 Å². The second kappa shape index (κ2) is 4.55. The molecule has 1 heterocycles. The van der Waals surface area contributed by atoms with Gasteiger partial charge in [-0.1, -0.05) is 48.0 Å². The summed E-state index contributed by atoms with van der Waals surface area (Å²) in [6, 6.07) is 0. The Bertz CT molecular complexity index is 238. The molecule has 1 fully saturated rings. The first-order chi connectivity index (χ1) is 5.65. The maximum Gasteiger partial charge on any atom is 0.325 e. The average Bonchev–Trinajstić information content (AvgIpc) is 2.30. The summed E-state index contributed by atoms with van der Waals surface area (Å²) in [7, 11) is 0. The Labute approximate surface area is 89.8 Å². The van der Waals surface area contributed by atoms with E-state index in [0.29, 0.717) is 14.3 Å². The molecule has 6 heteroatoms. The molecule has 66 valence electrons. The molecule has 0 aromatic carbocycles. The van der Waals surface area contributed by atoms with E-state index in [1.54, 1.807) is 6.92 Å². The predicted octanol–water partition coefficient (Wildman–Crippen LogP) is 2.01. The highest BCUT2D eigenvalue weighted by Crippen LogP contribution is 2.36. The molecule has 12 heavy (non-hydrogen) atoms. The molecule has 0 bridgehead atoms. The van der Waals surface area contributed by atoms with Gasteiger partial charge in [-0.05, 0) is 6.92 Å². The molecule has 1 rings (SSSR count). The van der Waals surface area contributed by atoms with Gasteiger partial charge < -0.3 is 4.74 Å². The van der Waals surface area contributed by atoms with Crippen molar-refractivity contribution in [3.8, 4) is 0 Å². The third kappa shape index (κ3) is 2.42. The van der Waals surface area contributed by atoms with Gasteiger partial charge in [-0.3, -0.25) is 4.79 Å². The third-order valence-corrected chi connectivity index (χ3v) is 4.43. The maximum absolute atomic E-state index is 11.2. The van der Waals surface area contributed by atoms with Crippen LogP contribution in [0.3, 0.4) is 0 Å². The van der Waals surface area contributed by atoms with Gasteiger partial charge in [0.05, 0.1) is 10.8 Å². The number of hydrogen-bond donors (Lipinski definition) is 0. The van der Waals surface area contributed by atoms with Gasteiger partial charge in [0.15, 0.2) is 0 Å². The van der Waals surface area contributed by atoms with E-state index in [1.807, 2.05) is 0 Å². The van der Waals surface area contributed by atoms with E-state index in [1.165, 1.54) is 23.5 Å². The smallest absolute Gasteiger partial charge is 0.325 e. The molecular formula is C6H6O2S4. The first-order valence-electron chi connectivity index (χ1n) is 3.24. The minimum absolute atomic E-state index is 0.278. The van der Waals surface area contributed by atoms with Crippen molar-refractivity contribution < 1.29 is 9.53 Å². The molecule has 0 radical (unpaired) electrons. The second-order valence-corrected chi connectivity index (χ2v) is 5.97. The fraction of sp³-hybridized carbons (Fsp3) is 0.500. The zero-order valence-corrected chi connectivity index (χ0v) is 9.50. The summed E-state index contributed by atoms with van der Waals surface area (Å²) in [6.07, 6.45) is 0. The topological polar surface area (TPSA) is 26.3 Å². The molecule has 1 atom stereocenters. The van der Waals surface area contributed by atoms with Gasteiger partial charge in [-0.15, -0.1) is 0 Å². The number of ether oxygens (including phenoxy) is 1. The van der Waals surface area contributed by atoms with Crippen molar-refractivity contribution in [1.82, 2.24) is 0 Å². The zero-order valence-electron chi connectivity index (χ0n) is 6.23. The zero-order chi connectivity index (χ0) is 9.14. The van der Waals surface area contributed by atoms with Crippen molar-refractivity contribution in [3.63, 3.8) is 0 Å². The van der Waals surface area contributed by atoms with E-state index < -0.39 is 0 Å². The minimum Gasteiger partial charge on any atom is -0.465 e. The van der Waals surface area contributed by atoms with Gasteiger partial charge in [0, 0.05) is 0 Å². The lowest BCUT2D eigenvalue weighted by molar-refractivity contribution is -0.140. The number of thiocarbonyl (C=S) groups is 2. The van der Waals surface area contributed by atoms with Crippen LogP contribution in [0.5, 0.6) is 0 Å². The van der Waals surface area contributed by atoms with Crippen LogP contribution in [0.25, 0.3) is 0 Å². The molecule has 1 aliphatic heterocycles. The lowest BCUT2D eigenvalue weighted by atomic mass is 10.5. The third-order valence-electron chi connectivity index (χ3n) is 1.11. The number of hydrogen-bond acceptors (Lipinski definition) is 6. The predicted molar refractivity (Wildman–Crippen MR) is 60.8 cm³/mol. The first kappa shape index (κ1) is 10.4. The number of esters is 1. The summed E-state index contributed by atoms with van der Waals surface area (Å²) in [5.41, 5.74) is 0. The van der Waals surface area contributed by atoms with Crippen LogP contribution in [-0.4, -0.2) is 25.6 Å².